The van der Waals surface area contributed by atoms with Crippen molar-refractivity contribution in [2.75, 3.05) is 0 Å². The summed E-state index contributed by atoms with van der Waals surface area (Å²) in [5, 5.41) is 0.452. The van der Waals surface area contributed by atoms with E-state index in [-0.39, 0.29) is 18.0 Å². The van der Waals surface area contributed by atoms with Crippen molar-refractivity contribution >= 4 is 22.8 Å². The van der Waals surface area contributed by atoms with Gasteiger partial charge in [0, 0.05) is 11.6 Å². The zero-order valence-electron chi connectivity index (χ0n) is 18.3. The van der Waals surface area contributed by atoms with Crippen LogP contribution in [0.3, 0.4) is 0 Å². The predicted molar refractivity (Wildman–Crippen MR) is 130 cm³/mol. The predicted octanol–water partition coefficient (Wildman–Crippen LogP) is 4.55. The van der Waals surface area contributed by atoms with Gasteiger partial charge in [0.15, 0.2) is 11.2 Å². The number of rotatable bonds is 5. The maximum Gasteiger partial charge on any atom is 0.337 e. The lowest BCUT2D eigenvalue weighted by atomic mass is 10.1. The smallest absolute Gasteiger partial charge is 0.320 e. The summed E-state index contributed by atoms with van der Waals surface area (Å²) in [7, 11) is 0. The van der Waals surface area contributed by atoms with Crippen molar-refractivity contribution in [3.63, 3.8) is 0 Å². The molecule has 5 rings (SSSR count). The van der Waals surface area contributed by atoms with E-state index in [0.717, 1.165) is 15.7 Å². The van der Waals surface area contributed by atoms with Crippen molar-refractivity contribution in [3.8, 4) is 5.69 Å². The number of halogens is 2. The maximum atomic E-state index is 13.6. The molecule has 0 atom stereocenters. The SMILES string of the molecule is Cc1cccc(Cn2cnc3c2c(=O)n(Cc2ccc(F)cc2)c(=O)n3-c2cccc(Cl)c2)c1. The third kappa shape index (κ3) is 4.06. The van der Waals surface area contributed by atoms with Gasteiger partial charge in [0.1, 0.15) is 5.82 Å². The molecule has 0 aliphatic heterocycles. The van der Waals surface area contributed by atoms with E-state index in [1.165, 1.54) is 16.7 Å². The fraction of sp³-hybridized carbons (Fsp3) is 0.115. The van der Waals surface area contributed by atoms with Gasteiger partial charge >= 0.3 is 5.69 Å². The summed E-state index contributed by atoms with van der Waals surface area (Å²) >= 11 is 6.20. The van der Waals surface area contributed by atoms with Crippen LogP contribution in [0.4, 0.5) is 4.39 Å². The monoisotopic (exact) mass is 474 g/mol. The molecule has 0 spiro atoms. The fourth-order valence-electron chi connectivity index (χ4n) is 4.07. The molecule has 3 aromatic carbocycles. The molecule has 2 aromatic heterocycles. The highest BCUT2D eigenvalue weighted by Crippen LogP contribution is 2.18. The van der Waals surface area contributed by atoms with E-state index in [0.29, 0.717) is 28.3 Å². The molecule has 0 N–H and O–H groups in total. The van der Waals surface area contributed by atoms with E-state index in [4.69, 9.17) is 11.6 Å². The van der Waals surface area contributed by atoms with Gasteiger partial charge < -0.3 is 4.57 Å². The van der Waals surface area contributed by atoms with Crippen LogP contribution in [-0.4, -0.2) is 18.7 Å². The first-order chi connectivity index (χ1) is 16.4. The van der Waals surface area contributed by atoms with E-state index >= 15 is 0 Å². The van der Waals surface area contributed by atoms with Gasteiger partial charge in [-0.25, -0.2) is 18.7 Å². The Bertz CT molecular complexity index is 1630. The van der Waals surface area contributed by atoms with Crippen LogP contribution in [0.1, 0.15) is 16.7 Å². The lowest BCUT2D eigenvalue weighted by Gasteiger charge is -2.13. The Kier molecular flexibility index (Phi) is 5.63. The minimum atomic E-state index is -0.551. The second kappa shape index (κ2) is 8.76. The van der Waals surface area contributed by atoms with E-state index < -0.39 is 11.2 Å². The summed E-state index contributed by atoms with van der Waals surface area (Å²) in [6.07, 6.45) is 1.57. The van der Waals surface area contributed by atoms with Gasteiger partial charge in [0.25, 0.3) is 5.56 Å². The van der Waals surface area contributed by atoms with Gasteiger partial charge in [-0.2, -0.15) is 0 Å². The minimum absolute atomic E-state index is 0.00984. The largest absolute Gasteiger partial charge is 0.337 e. The average molecular weight is 475 g/mol. The lowest BCUT2D eigenvalue weighted by Crippen LogP contribution is -2.40. The summed E-state index contributed by atoms with van der Waals surface area (Å²) in [6.45, 7) is 2.41. The molecule has 2 heterocycles. The molecule has 8 heteroatoms. The first-order valence-electron chi connectivity index (χ1n) is 10.7. The number of hydrogen-bond acceptors (Lipinski definition) is 3. The van der Waals surface area contributed by atoms with Crippen LogP contribution in [-0.2, 0) is 13.1 Å². The second-order valence-corrected chi connectivity index (χ2v) is 8.59. The average Bonchev–Trinajstić information content (AvgIpc) is 3.21. The van der Waals surface area contributed by atoms with Crippen molar-refractivity contribution in [2.45, 2.75) is 20.0 Å². The Labute approximate surface area is 199 Å². The third-order valence-electron chi connectivity index (χ3n) is 5.66. The Morgan fingerprint density at radius 1 is 0.912 bits per heavy atom. The van der Waals surface area contributed by atoms with Crippen molar-refractivity contribution in [2.24, 2.45) is 0 Å². The molecule has 170 valence electrons. The topological polar surface area (TPSA) is 61.8 Å². The van der Waals surface area contributed by atoms with Gasteiger partial charge in [-0.3, -0.25) is 9.36 Å². The van der Waals surface area contributed by atoms with Crippen LogP contribution < -0.4 is 11.2 Å². The van der Waals surface area contributed by atoms with Crippen LogP contribution in [0.2, 0.25) is 5.02 Å². The highest BCUT2D eigenvalue weighted by Gasteiger charge is 2.20. The van der Waals surface area contributed by atoms with Crippen molar-refractivity contribution < 1.29 is 4.39 Å². The summed E-state index contributed by atoms with van der Waals surface area (Å²) in [5.74, 6) is -0.390. The molecule has 0 fully saturated rings. The quantitative estimate of drug-likeness (QED) is 0.375. The number of aromatic nitrogens is 4. The molecule has 0 aliphatic rings. The maximum absolute atomic E-state index is 13.6. The van der Waals surface area contributed by atoms with Crippen molar-refractivity contribution in [3.05, 3.63) is 127 Å². The van der Waals surface area contributed by atoms with Crippen LogP contribution in [0, 0.1) is 12.7 Å². The van der Waals surface area contributed by atoms with Crippen LogP contribution in [0.15, 0.2) is 88.7 Å². The summed E-state index contributed by atoms with van der Waals surface area (Å²) in [4.78, 5) is 31.6. The van der Waals surface area contributed by atoms with Crippen LogP contribution in [0.25, 0.3) is 16.9 Å². The number of fused-ring (bicyclic) bond motifs is 1. The molecule has 0 saturated carbocycles. The van der Waals surface area contributed by atoms with E-state index in [9.17, 15) is 14.0 Å². The normalized spacial score (nSPS) is 11.3. The molecule has 0 radical (unpaired) electrons. The Morgan fingerprint density at radius 2 is 1.68 bits per heavy atom. The Morgan fingerprint density at radius 3 is 2.41 bits per heavy atom. The fourth-order valence-corrected chi connectivity index (χ4v) is 4.25. The molecular formula is C26H20ClFN4O2. The molecule has 0 amide bonds. The summed E-state index contributed by atoms with van der Waals surface area (Å²) < 4.78 is 17.7. The van der Waals surface area contributed by atoms with Crippen LogP contribution >= 0.6 is 11.6 Å². The molecule has 0 aliphatic carbocycles. The Balaban J connectivity index is 1.75. The zero-order chi connectivity index (χ0) is 23.8. The molecule has 6 nitrogen and oxygen atoms in total. The molecule has 0 bridgehead atoms. The van der Waals surface area contributed by atoms with Crippen LogP contribution in [0.5, 0.6) is 0 Å². The molecular weight excluding hydrogens is 455 g/mol. The van der Waals surface area contributed by atoms with Gasteiger partial charge in [0.05, 0.1) is 18.6 Å². The number of nitrogens with zero attached hydrogens (tertiary/aromatic N) is 4. The van der Waals surface area contributed by atoms with Crippen molar-refractivity contribution in [1.82, 2.24) is 18.7 Å². The molecule has 34 heavy (non-hydrogen) atoms. The van der Waals surface area contributed by atoms with E-state index in [2.05, 4.69) is 4.98 Å². The number of hydrogen-bond donors (Lipinski definition) is 0. The standard InChI is InChI=1S/C26H20ClFN4O2/c1-17-4-2-5-19(12-17)14-30-16-29-24-23(30)25(33)31(15-18-8-10-21(28)11-9-18)26(34)32(24)22-7-3-6-20(27)13-22/h2-13,16H,14-15H2,1H3. The summed E-state index contributed by atoms with van der Waals surface area (Å²) in [6, 6.07) is 20.5. The highest BCUT2D eigenvalue weighted by molar-refractivity contribution is 6.30. The Hall–Kier alpha value is -3.97. The molecule has 0 saturated heterocycles. The third-order valence-corrected chi connectivity index (χ3v) is 5.89. The molecule has 0 unspecified atom stereocenters. The van der Waals surface area contributed by atoms with Gasteiger partial charge in [-0.1, -0.05) is 59.6 Å². The van der Waals surface area contributed by atoms with Gasteiger partial charge in [-0.15, -0.1) is 0 Å². The van der Waals surface area contributed by atoms with Gasteiger partial charge in [0.2, 0.25) is 0 Å². The first-order valence-corrected chi connectivity index (χ1v) is 11.0. The molecule has 5 aromatic rings. The van der Waals surface area contributed by atoms with E-state index in [1.54, 1.807) is 47.3 Å². The summed E-state index contributed by atoms with van der Waals surface area (Å²) in [5.41, 5.74) is 2.76. The minimum Gasteiger partial charge on any atom is -0.320 e. The lowest BCUT2D eigenvalue weighted by molar-refractivity contribution is 0.624. The highest BCUT2D eigenvalue weighted by atomic mass is 35.5. The zero-order valence-corrected chi connectivity index (χ0v) is 19.0. The van der Waals surface area contributed by atoms with Gasteiger partial charge in [-0.05, 0) is 48.4 Å². The first kappa shape index (κ1) is 21.9. The van der Waals surface area contributed by atoms with E-state index in [1.807, 2.05) is 31.2 Å². The van der Waals surface area contributed by atoms with Crippen molar-refractivity contribution in [1.29, 1.82) is 0 Å². The second-order valence-electron chi connectivity index (χ2n) is 8.15. The number of benzene rings is 3. The number of imidazole rings is 1. The number of aryl methyl sites for hydroxylation is 1.